The van der Waals surface area contributed by atoms with E-state index in [-0.39, 0.29) is 6.04 Å². The van der Waals surface area contributed by atoms with Crippen LogP contribution in [0.1, 0.15) is 51.4 Å². The van der Waals surface area contributed by atoms with Crippen molar-refractivity contribution in [3.8, 4) is 0 Å². The van der Waals surface area contributed by atoms with Crippen LogP contribution in [-0.4, -0.2) is 47.4 Å². The fourth-order valence-corrected chi connectivity index (χ4v) is 4.53. The molecule has 0 aromatic carbocycles. The molecule has 0 aromatic rings. The predicted molar refractivity (Wildman–Crippen MR) is 74.8 cm³/mol. The van der Waals surface area contributed by atoms with E-state index in [0.29, 0.717) is 5.91 Å². The van der Waals surface area contributed by atoms with Crippen molar-refractivity contribution in [2.75, 3.05) is 19.6 Å². The van der Waals surface area contributed by atoms with Crippen LogP contribution >= 0.6 is 0 Å². The van der Waals surface area contributed by atoms with E-state index in [9.17, 15) is 4.79 Å². The lowest BCUT2D eigenvalue weighted by Crippen LogP contribution is -2.61. The molecule has 0 N–H and O–H groups in total. The van der Waals surface area contributed by atoms with Crippen LogP contribution in [0.25, 0.3) is 0 Å². The Morgan fingerprint density at radius 3 is 2.58 bits per heavy atom. The maximum Gasteiger partial charge on any atom is 0.239 e. The van der Waals surface area contributed by atoms with E-state index in [1.807, 2.05) is 0 Å². The number of carbonyl (C=O) groups is 1. The van der Waals surface area contributed by atoms with Crippen molar-refractivity contribution in [1.82, 2.24) is 9.80 Å². The van der Waals surface area contributed by atoms with Gasteiger partial charge in [-0.2, -0.15) is 0 Å². The Balaban J connectivity index is 1.49. The molecule has 4 rings (SSSR count). The first kappa shape index (κ1) is 12.2. The Kier molecular flexibility index (Phi) is 3.06. The SMILES string of the molecule is O=C1[C@H]2C[C@H](CCN2C2CCCC2)CN1CC1CC1. The van der Waals surface area contributed by atoms with Crippen molar-refractivity contribution in [2.24, 2.45) is 11.8 Å². The zero-order chi connectivity index (χ0) is 12.8. The van der Waals surface area contributed by atoms with Crippen LogP contribution in [0.2, 0.25) is 0 Å². The largest absolute Gasteiger partial charge is 0.341 e. The van der Waals surface area contributed by atoms with Crippen LogP contribution in [0, 0.1) is 11.8 Å². The second-order valence-corrected chi connectivity index (χ2v) is 7.27. The molecule has 106 valence electrons. The molecule has 2 aliphatic heterocycles. The van der Waals surface area contributed by atoms with E-state index < -0.39 is 0 Å². The number of hydrogen-bond acceptors (Lipinski definition) is 2. The van der Waals surface area contributed by atoms with Crippen molar-refractivity contribution >= 4 is 5.91 Å². The first-order valence-electron chi connectivity index (χ1n) is 8.36. The lowest BCUT2D eigenvalue weighted by Gasteiger charge is -2.48. The molecular formula is C16H26N2O. The fourth-order valence-electron chi connectivity index (χ4n) is 4.53. The first-order chi connectivity index (χ1) is 9.31. The Morgan fingerprint density at radius 2 is 1.84 bits per heavy atom. The number of piperidine rings is 2. The van der Waals surface area contributed by atoms with Gasteiger partial charge in [-0.3, -0.25) is 9.69 Å². The summed E-state index contributed by atoms with van der Waals surface area (Å²) in [6.45, 7) is 3.30. The van der Waals surface area contributed by atoms with Crippen LogP contribution in [-0.2, 0) is 4.79 Å². The van der Waals surface area contributed by atoms with Crippen molar-refractivity contribution in [2.45, 2.75) is 63.5 Å². The molecule has 2 saturated heterocycles. The van der Waals surface area contributed by atoms with Gasteiger partial charge in [0.05, 0.1) is 6.04 Å². The second-order valence-electron chi connectivity index (χ2n) is 7.27. The molecule has 3 heteroatoms. The molecule has 0 unspecified atom stereocenters. The molecule has 0 spiro atoms. The van der Waals surface area contributed by atoms with Crippen molar-refractivity contribution in [3.05, 3.63) is 0 Å². The first-order valence-corrected chi connectivity index (χ1v) is 8.36. The van der Waals surface area contributed by atoms with Gasteiger partial charge in [0.2, 0.25) is 5.91 Å². The van der Waals surface area contributed by atoms with E-state index >= 15 is 0 Å². The average Bonchev–Trinajstić information content (AvgIpc) is 3.07. The van der Waals surface area contributed by atoms with Gasteiger partial charge in [-0.15, -0.1) is 0 Å². The molecule has 3 nitrogen and oxygen atoms in total. The van der Waals surface area contributed by atoms with Crippen LogP contribution in [0.15, 0.2) is 0 Å². The van der Waals surface area contributed by atoms with Gasteiger partial charge in [-0.05, 0) is 56.9 Å². The molecule has 0 radical (unpaired) electrons. The molecule has 2 saturated carbocycles. The van der Waals surface area contributed by atoms with Crippen LogP contribution < -0.4 is 0 Å². The highest BCUT2D eigenvalue weighted by Gasteiger charge is 2.44. The summed E-state index contributed by atoms with van der Waals surface area (Å²) in [5.41, 5.74) is 0. The van der Waals surface area contributed by atoms with Crippen LogP contribution in [0.4, 0.5) is 0 Å². The summed E-state index contributed by atoms with van der Waals surface area (Å²) in [6, 6.07) is 0.963. The van der Waals surface area contributed by atoms with Gasteiger partial charge in [-0.1, -0.05) is 12.8 Å². The zero-order valence-electron chi connectivity index (χ0n) is 11.9. The number of carbonyl (C=O) groups excluding carboxylic acids is 1. The molecule has 4 aliphatic rings. The van der Waals surface area contributed by atoms with Gasteiger partial charge < -0.3 is 4.90 Å². The fraction of sp³-hybridized carbons (Fsp3) is 0.938. The van der Waals surface area contributed by atoms with Crippen LogP contribution in [0.5, 0.6) is 0 Å². The topological polar surface area (TPSA) is 23.6 Å². The van der Waals surface area contributed by atoms with Gasteiger partial charge in [0.1, 0.15) is 0 Å². The Bertz CT molecular complexity index is 360. The lowest BCUT2D eigenvalue weighted by molar-refractivity contribution is -0.147. The summed E-state index contributed by atoms with van der Waals surface area (Å²) in [4.78, 5) is 17.6. The highest BCUT2D eigenvalue weighted by atomic mass is 16.2. The van der Waals surface area contributed by atoms with E-state index in [4.69, 9.17) is 0 Å². The van der Waals surface area contributed by atoms with E-state index in [1.165, 1.54) is 51.5 Å². The van der Waals surface area contributed by atoms with Gasteiger partial charge >= 0.3 is 0 Å². The molecule has 0 aromatic heterocycles. The third-order valence-electron chi connectivity index (χ3n) is 5.80. The number of fused-ring (bicyclic) bond motifs is 2. The van der Waals surface area contributed by atoms with Crippen LogP contribution in [0.3, 0.4) is 0 Å². The summed E-state index contributed by atoms with van der Waals surface area (Å²) in [5, 5.41) is 0. The third kappa shape index (κ3) is 2.31. The number of rotatable bonds is 3. The lowest BCUT2D eigenvalue weighted by atomic mass is 9.84. The highest BCUT2D eigenvalue weighted by molar-refractivity contribution is 5.83. The molecule has 1 amide bonds. The average molecular weight is 262 g/mol. The molecule has 2 atom stereocenters. The Labute approximate surface area is 116 Å². The minimum Gasteiger partial charge on any atom is -0.341 e. The van der Waals surface area contributed by atoms with Gasteiger partial charge in [-0.25, -0.2) is 0 Å². The Hall–Kier alpha value is -0.570. The minimum atomic E-state index is 0.245. The summed E-state index contributed by atoms with van der Waals surface area (Å²) in [6.07, 6.45) is 10.6. The van der Waals surface area contributed by atoms with E-state index in [1.54, 1.807) is 0 Å². The summed E-state index contributed by atoms with van der Waals surface area (Å²) >= 11 is 0. The van der Waals surface area contributed by atoms with Crippen molar-refractivity contribution in [3.63, 3.8) is 0 Å². The molecule has 19 heavy (non-hydrogen) atoms. The summed E-state index contributed by atoms with van der Waals surface area (Å²) in [5.74, 6) is 2.09. The maximum atomic E-state index is 12.8. The number of hydrogen-bond donors (Lipinski definition) is 0. The standard InChI is InChI=1S/C16H26N2O/c19-16-15-9-13(11-17(16)10-12-5-6-12)7-8-18(15)14-3-1-2-4-14/h12-15H,1-11H2/t13-,15+/m0/s1. The molecular weight excluding hydrogens is 236 g/mol. The predicted octanol–water partition coefficient (Wildman–Crippen LogP) is 2.26. The quantitative estimate of drug-likeness (QED) is 0.779. The Morgan fingerprint density at radius 1 is 1.05 bits per heavy atom. The normalized spacial score (nSPS) is 37.1. The smallest absolute Gasteiger partial charge is 0.239 e. The summed E-state index contributed by atoms with van der Waals surface area (Å²) in [7, 11) is 0. The molecule has 4 fully saturated rings. The van der Waals surface area contributed by atoms with E-state index in [0.717, 1.165) is 37.4 Å². The minimum absolute atomic E-state index is 0.245. The monoisotopic (exact) mass is 262 g/mol. The van der Waals surface area contributed by atoms with Crippen molar-refractivity contribution in [1.29, 1.82) is 0 Å². The van der Waals surface area contributed by atoms with Gasteiger partial charge in [0.25, 0.3) is 0 Å². The van der Waals surface area contributed by atoms with Crippen molar-refractivity contribution < 1.29 is 4.79 Å². The second kappa shape index (κ2) is 4.76. The van der Waals surface area contributed by atoms with Gasteiger partial charge in [0.15, 0.2) is 0 Å². The number of amides is 1. The number of nitrogens with zero attached hydrogens (tertiary/aromatic N) is 2. The maximum absolute atomic E-state index is 12.8. The highest BCUT2D eigenvalue weighted by Crippen LogP contribution is 2.37. The molecule has 2 aliphatic carbocycles. The van der Waals surface area contributed by atoms with E-state index in [2.05, 4.69) is 9.80 Å². The zero-order valence-corrected chi connectivity index (χ0v) is 11.9. The number of likely N-dealkylation sites (tertiary alicyclic amines) is 2. The van der Waals surface area contributed by atoms with Gasteiger partial charge in [0, 0.05) is 19.1 Å². The molecule has 2 heterocycles. The third-order valence-corrected chi connectivity index (χ3v) is 5.80. The molecule has 2 bridgehead atoms. The summed E-state index contributed by atoms with van der Waals surface area (Å²) < 4.78 is 0.